The molecule has 2 spiro atoms. The lowest BCUT2D eigenvalue weighted by molar-refractivity contribution is -0.159. The minimum Gasteiger partial charge on any atom is -0.494 e. The van der Waals surface area contributed by atoms with Crippen LogP contribution in [0.5, 0.6) is 23.0 Å². The second-order valence-corrected chi connectivity index (χ2v) is 35.1. The van der Waals surface area contributed by atoms with E-state index < -0.39 is 96.7 Å². The van der Waals surface area contributed by atoms with E-state index in [0.29, 0.717) is 99.1 Å². The maximum Gasteiger partial charge on any atom is 0.437 e. The molecule has 2 aromatic heterocycles. The SMILES string of the molecule is C=CCCCCC[C@H](C)C(=O)N1C[C@@]2(CCc3c(c(C(F)(F)F)nc4ccc(OCCCN5CCOCC5)cc34)O2)C[C@H]1C(=O)OC.Cc1nc2ccc(OCCCN3CCOCC3)cc2c2c1O[C@]1(CC2)C[C@H]2C(=O)N[C@]3(C(=O)NS(=O)(=O)C4(C)CC4)C[C@H]3/C=C\CCCCC[C@H](CC(=O)OC(C)(C)C)C(=O)N2C1. The summed E-state index contributed by atoms with van der Waals surface area (Å²) >= 11 is 0. The summed E-state index contributed by atoms with van der Waals surface area (Å²) in [5.41, 5.74) is -2.43. The van der Waals surface area contributed by atoms with Gasteiger partial charge in [0.05, 0.1) is 87.7 Å². The van der Waals surface area contributed by atoms with Crippen molar-refractivity contribution in [3.63, 3.8) is 0 Å². The Morgan fingerprint density at radius 3 is 1.99 bits per heavy atom. The molecule has 2 saturated carbocycles. The number of carbonyl (C=O) groups is 6. The van der Waals surface area contributed by atoms with Crippen LogP contribution in [0, 0.1) is 24.7 Å². The number of esters is 2. The molecule has 4 amide bonds. The van der Waals surface area contributed by atoms with Gasteiger partial charge in [0.15, 0.2) is 11.4 Å². The Balaban J connectivity index is 0.000000214. The lowest BCUT2D eigenvalue weighted by Gasteiger charge is -2.37. The van der Waals surface area contributed by atoms with Gasteiger partial charge in [-0.15, -0.1) is 6.58 Å². The van der Waals surface area contributed by atoms with Gasteiger partial charge in [0.2, 0.25) is 27.7 Å². The number of halogens is 3. The first-order valence-corrected chi connectivity index (χ1v) is 41.2. The fourth-order valence-electron chi connectivity index (χ4n) is 16.7. The summed E-state index contributed by atoms with van der Waals surface area (Å²) in [6.45, 7) is 23.9. The van der Waals surface area contributed by atoms with Gasteiger partial charge in [0.1, 0.15) is 51.7 Å². The van der Waals surface area contributed by atoms with Crippen molar-refractivity contribution in [2.24, 2.45) is 17.8 Å². The third-order valence-corrected chi connectivity index (χ3v) is 25.6. The van der Waals surface area contributed by atoms with E-state index in [1.165, 1.54) is 12.0 Å². The van der Waals surface area contributed by atoms with Crippen LogP contribution >= 0.6 is 0 Å². The first-order chi connectivity index (χ1) is 52.4. The summed E-state index contributed by atoms with van der Waals surface area (Å²) in [4.78, 5) is 100. The first-order valence-electron chi connectivity index (χ1n) is 39.7. The zero-order valence-electron chi connectivity index (χ0n) is 65.0. The summed E-state index contributed by atoms with van der Waals surface area (Å²) in [7, 11) is -2.75. The van der Waals surface area contributed by atoms with Crippen molar-refractivity contribution in [1.82, 2.24) is 39.6 Å². The Labute approximate surface area is 643 Å². The van der Waals surface area contributed by atoms with Gasteiger partial charge in [0.25, 0.3) is 5.91 Å². The predicted molar refractivity (Wildman–Crippen MR) is 406 cm³/mol. The lowest BCUT2D eigenvalue weighted by atomic mass is 9.87. The highest BCUT2D eigenvalue weighted by Crippen LogP contribution is 2.52. The van der Waals surface area contributed by atoms with Crippen LogP contribution in [0.3, 0.4) is 0 Å². The maximum atomic E-state index is 14.9. The second kappa shape index (κ2) is 34.4. The molecule has 13 rings (SSSR count). The van der Waals surface area contributed by atoms with Gasteiger partial charge in [-0.2, -0.15) is 13.2 Å². The quantitative estimate of drug-likeness (QED) is 0.0397. The number of ether oxygens (including phenoxy) is 8. The number of amides is 4. The highest BCUT2D eigenvalue weighted by atomic mass is 32.2. The van der Waals surface area contributed by atoms with Crippen LogP contribution in [-0.4, -0.2) is 212 Å². The fourth-order valence-corrected chi connectivity index (χ4v) is 18.0. The van der Waals surface area contributed by atoms with Crippen molar-refractivity contribution >= 4 is 67.4 Å². The monoisotopic (exact) mass is 1550 g/mol. The van der Waals surface area contributed by atoms with Crippen molar-refractivity contribution in [1.29, 1.82) is 0 Å². The fraction of sp³-hybridized carbons (Fsp3) is 0.659. The number of alkyl halides is 3. The molecule has 2 N–H and O–H groups in total. The predicted octanol–water partition coefficient (Wildman–Crippen LogP) is 11.0. The van der Waals surface area contributed by atoms with Gasteiger partial charge in [0, 0.05) is 91.8 Å². The topological polar surface area (TPSA) is 273 Å². The molecule has 7 aliphatic heterocycles. The van der Waals surface area contributed by atoms with E-state index in [0.717, 1.165) is 139 Å². The van der Waals surface area contributed by atoms with Crippen LogP contribution in [0.15, 0.2) is 61.2 Å². The van der Waals surface area contributed by atoms with Gasteiger partial charge >= 0.3 is 18.1 Å². The second-order valence-electron chi connectivity index (χ2n) is 32.9. The number of sulfonamides is 1. The van der Waals surface area contributed by atoms with Crippen LogP contribution in [-0.2, 0) is 76.8 Å². The number of pyridine rings is 2. The van der Waals surface area contributed by atoms with E-state index in [4.69, 9.17) is 42.9 Å². The third kappa shape index (κ3) is 19.2. The minimum absolute atomic E-state index is 0.00648. The summed E-state index contributed by atoms with van der Waals surface area (Å²) < 4.78 is 118. The number of likely N-dealkylation sites (tertiary alicyclic amines) is 1. The number of allylic oxidation sites excluding steroid dienone is 2. The van der Waals surface area contributed by atoms with Crippen molar-refractivity contribution in [3.05, 3.63) is 83.7 Å². The Hall–Kier alpha value is -7.66. The minimum atomic E-state index is -4.78. The number of hydrogen-bond acceptors (Lipinski definition) is 20. The smallest absolute Gasteiger partial charge is 0.437 e. The van der Waals surface area contributed by atoms with Crippen LogP contribution in [0.1, 0.15) is 186 Å². The number of nitrogens with one attached hydrogen (secondary N) is 2. The van der Waals surface area contributed by atoms with Crippen LogP contribution in [0.2, 0.25) is 0 Å². The molecule has 0 radical (unpaired) electrons. The summed E-state index contributed by atoms with van der Waals surface area (Å²) in [6, 6.07) is 8.83. The van der Waals surface area contributed by atoms with E-state index in [1.54, 1.807) is 50.8 Å². The molecule has 8 atom stereocenters. The zero-order chi connectivity index (χ0) is 78.4. The van der Waals surface area contributed by atoms with Crippen LogP contribution in [0.4, 0.5) is 13.2 Å². The van der Waals surface area contributed by atoms with E-state index in [2.05, 4.69) is 31.4 Å². The molecular weight excluding hydrogens is 1440 g/mol. The molecule has 9 aliphatic rings. The van der Waals surface area contributed by atoms with Crippen LogP contribution in [0.25, 0.3) is 21.8 Å². The molecule has 4 saturated heterocycles. The number of unbranched alkanes of at least 4 members (excludes halogenated alkanes) is 3. The molecule has 0 unspecified atom stereocenters. The number of morpholine rings is 2. The number of aromatic nitrogens is 2. The van der Waals surface area contributed by atoms with E-state index in [1.807, 2.05) is 50.3 Å². The molecule has 4 aromatic rings. The van der Waals surface area contributed by atoms with Crippen molar-refractivity contribution in [3.8, 4) is 23.0 Å². The average Bonchev–Trinajstić information content (AvgIpc) is 0.984. The van der Waals surface area contributed by atoms with Crippen molar-refractivity contribution in [2.45, 2.75) is 228 Å². The maximum absolute atomic E-state index is 14.9. The summed E-state index contributed by atoms with van der Waals surface area (Å²) in [5.74, 6) is -2.98. The highest BCUT2D eigenvalue weighted by molar-refractivity contribution is 7.91. The Bertz CT molecular complexity index is 4200. The molecule has 110 heavy (non-hydrogen) atoms. The molecule has 28 heteroatoms. The lowest BCUT2D eigenvalue weighted by Crippen LogP contribution is -2.57. The molecule has 602 valence electrons. The normalized spacial score (nSPS) is 26.2. The summed E-state index contributed by atoms with van der Waals surface area (Å²) in [6.07, 6.45) is 13.3. The highest BCUT2D eigenvalue weighted by Gasteiger charge is 2.64. The van der Waals surface area contributed by atoms with Gasteiger partial charge in [-0.3, -0.25) is 38.5 Å². The molecule has 9 heterocycles. The Kier molecular flexibility index (Phi) is 25.6. The van der Waals surface area contributed by atoms with E-state index in [-0.39, 0.29) is 74.2 Å². The number of rotatable bonds is 23. The van der Waals surface area contributed by atoms with Gasteiger partial charge in [-0.1, -0.05) is 50.8 Å². The number of hydrogen-bond donors (Lipinski definition) is 2. The number of benzene rings is 2. The molecule has 2 aliphatic carbocycles. The van der Waals surface area contributed by atoms with Crippen LogP contribution < -0.4 is 29.0 Å². The zero-order valence-corrected chi connectivity index (χ0v) is 65.8. The standard InChI is InChI=1S/C47H65N5O10S.C35H46F3N3O6/c1-31-40-35(36-27-34(14-15-37(36)48-31)60-23-11-20-51-21-24-59-25-22-51)16-17-46(62-40)29-38-41(54)49-47(43(56)50-63(57,58)45(5)18-19-45)28-33(47)13-10-8-6-7-9-12-32(42(55)52(38)30-46)26-39(53)61-44(2,3)4;1-4-5-6-7-8-10-24(2)32(42)41-23-34(22-29(41)33(43)44-3)14-13-26-27-21-25(46-18-9-15-40-16-19-45-20-17-40)11-12-28(27)39-31(30(26)47-34)35(36,37)38/h10,13-15,27,32-33,38H,6-9,11-12,16-26,28-30H2,1-5H3,(H,49,54)(H,50,56);4,11-12,21,24,29H,1,5-10,13-20,22-23H2,2-3H3/b13-10-;/t32-,33-,38+,46-,47-;24-,29-,34+/m10/s1. The number of methoxy groups -OCH3 is 1. The number of carbonyl (C=O) groups excluding carboxylic acids is 6. The van der Waals surface area contributed by atoms with E-state index in [9.17, 15) is 50.4 Å². The average molecular weight is 1550 g/mol. The first kappa shape index (κ1) is 81.8. The molecule has 2 aromatic carbocycles. The van der Waals surface area contributed by atoms with Gasteiger partial charge < -0.3 is 53.0 Å². The molecule has 0 bridgehead atoms. The Morgan fingerprint density at radius 2 is 1.39 bits per heavy atom. The number of fused-ring (bicyclic) bond motifs is 8. The largest absolute Gasteiger partial charge is 0.494 e. The number of aryl methyl sites for hydroxylation is 3. The van der Waals surface area contributed by atoms with Gasteiger partial charge in [-0.05, 0) is 167 Å². The molecular formula is C82H111F3N8O16S. The summed E-state index contributed by atoms with van der Waals surface area (Å²) in [5, 5.41) is 4.45. The number of nitrogens with zero attached hydrogens (tertiary/aromatic N) is 6. The van der Waals surface area contributed by atoms with Crippen molar-refractivity contribution in [2.75, 3.05) is 99.1 Å². The van der Waals surface area contributed by atoms with Crippen molar-refractivity contribution < 1.29 is 88.3 Å². The van der Waals surface area contributed by atoms with Gasteiger partial charge in [-0.25, -0.2) is 23.2 Å². The third-order valence-electron chi connectivity index (χ3n) is 23.4. The Morgan fingerprint density at radius 1 is 0.782 bits per heavy atom. The molecule has 6 fully saturated rings. The molecule has 24 nitrogen and oxygen atoms in total. The van der Waals surface area contributed by atoms with E-state index >= 15 is 0 Å².